The van der Waals surface area contributed by atoms with E-state index in [1.807, 2.05) is 30.3 Å². The number of amides is 1. The van der Waals surface area contributed by atoms with Crippen LogP contribution in [-0.4, -0.2) is 36.1 Å². The largest absolute Gasteiger partial charge is 0.497 e. The molecule has 1 saturated heterocycles. The lowest BCUT2D eigenvalue weighted by atomic mass is 9.97. The van der Waals surface area contributed by atoms with Crippen molar-refractivity contribution in [3.8, 4) is 17.1 Å². The second kappa shape index (κ2) is 9.55. The minimum absolute atomic E-state index is 0.0342. The van der Waals surface area contributed by atoms with Crippen molar-refractivity contribution in [2.45, 2.75) is 19.4 Å². The third kappa shape index (κ3) is 5.17. The van der Waals surface area contributed by atoms with Crippen LogP contribution in [0.15, 0.2) is 60.8 Å². The van der Waals surface area contributed by atoms with E-state index in [1.165, 1.54) is 12.1 Å². The van der Waals surface area contributed by atoms with Gasteiger partial charge in [0.15, 0.2) is 5.82 Å². The summed E-state index contributed by atoms with van der Waals surface area (Å²) in [6, 6.07) is 15.7. The van der Waals surface area contributed by atoms with Crippen LogP contribution in [0.1, 0.15) is 18.4 Å². The van der Waals surface area contributed by atoms with Gasteiger partial charge in [-0.05, 0) is 48.7 Å². The summed E-state index contributed by atoms with van der Waals surface area (Å²) in [5.74, 6) is 1.59. The third-order valence-electron chi connectivity index (χ3n) is 5.44. The van der Waals surface area contributed by atoms with Gasteiger partial charge < -0.3 is 15.0 Å². The normalized spacial score (nSPS) is 16.1. The van der Waals surface area contributed by atoms with Crippen LogP contribution in [0.2, 0.25) is 0 Å². The molecule has 31 heavy (non-hydrogen) atoms. The lowest BCUT2D eigenvalue weighted by Crippen LogP contribution is -2.43. The maximum absolute atomic E-state index is 13.6. The molecule has 3 aromatic rings. The number of carbonyl (C=O) groups excluding carboxylic acids is 1. The first-order valence-corrected chi connectivity index (χ1v) is 10.4. The zero-order valence-electron chi connectivity index (χ0n) is 17.4. The number of carbonyl (C=O) groups is 1. The van der Waals surface area contributed by atoms with Crippen LogP contribution < -0.4 is 15.0 Å². The highest BCUT2D eigenvalue weighted by Crippen LogP contribution is 2.24. The number of methoxy groups -OCH3 is 1. The molecule has 0 aliphatic carbocycles. The Morgan fingerprint density at radius 2 is 2.10 bits per heavy atom. The molecular formula is C24H25FN4O2. The van der Waals surface area contributed by atoms with Crippen LogP contribution in [0.5, 0.6) is 5.75 Å². The Morgan fingerprint density at radius 3 is 2.94 bits per heavy atom. The van der Waals surface area contributed by atoms with Crippen molar-refractivity contribution in [3.63, 3.8) is 0 Å². The number of hydrogen-bond donors (Lipinski definition) is 1. The van der Waals surface area contributed by atoms with Crippen LogP contribution in [-0.2, 0) is 11.3 Å². The standard InChI is InChI=1S/C24H25FN4O2/c1-31-21-9-2-5-17(13-21)15-27-24(30)19-7-4-12-29(16-19)22-10-11-26-23(28-22)18-6-3-8-20(25)14-18/h2-3,5-6,8-11,13-14,19H,4,7,12,15-16H2,1H3,(H,27,30)/t19-/m1/s1. The van der Waals surface area contributed by atoms with E-state index in [1.54, 1.807) is 25.4 Å². The number of hydrogen-bond acceptors (Lipinski definition) is 5. The summed E-state index contributed by atoms with van der Waals surface area (Å²) in [5.41, 5.74) is 1.63. The Balaban J connectivity index is 1.41. The average Bonchev–Trinajstić information content (AvgIpc) is 2.83. The first-order valence-electron chi connectivity index (χ1n) is 10.4. The van der Waals surface area contributed by atoms with Gasteiger partial charge in [0, 0.05) is 31.4 Å². The van der Waals surface area contributed by atoms with E-state index in [0.717, 1.165) is 36.5 Å². The number of benzene rings is 2. The maximum atomic E-state index is 13.6. The number of nitrogens with one attached hydrogen (secondary N) is 1. The minimum Gasteiger partial charge on any atom is -0.497 e. The lowest BCUT2D eigenvalue weighted by molar-refractivity contribution is -0.125. The van der Waals surface area contributed by atoms with Gasteiger partial charge in [-0.2, -0.15) is 0 Å². The molecule has 160 valence electrons. The van der Waals surface area contributed by atoms with E-state index in [4.69, 9.17) is 4.74 Å². The second-order valence-corrected chi connectivity index (χ2v) is 7.60. The Labute approximate surface area is 181 Å². The fraction of sp³-hybridized carbons (Fsp3) is 0.292. The van der Waals surface area contributed by atoms with Gasteiger partial charge in [0.1, 0.15) is 17.4 Å². The summed E-state index contributed by atoms with van der Waals surface area (Å²) >= 11 is 0. The molecule has 2 heterocycles. The highest BCUT2D eigenvalue weighted by Gasteiger charge is 2.26. The molecule has 7 heteroatoms. The molecule has 0 saturated carbocycles. The van der Waals surface area contributed by atoms with E-state index in [9.17, 15) is 9.18 Å². The van der Waals surface area contributed by atoms with Crippen molar-refractivity contribution in [2.24, 2.45) is 5.92 Å². The van der Waals surface area contributed by atoms with Crippen molar-refractivity contribution in [1.29, 1.82) is 0 Å². The maximum Gasteiger partial charge on any atom is 0.225 e. The van der Waals surface area contributed by atoms with Crippen molar-refractivity contribution >= 4 is 11.7 Å². The molecule has 0 spiro atoms. The van der Waals surface area contributed by atoms with Gasteiger partial charge in [-0.15, -0.1) is 0 Å². The van der Waals surface area contributed by atoms with Gasteiger partial charge >= 0.3 is 0 Å². The molecule has 0 bridgehead atoms. The molecule has 0 unspecified atom stereocenters. The summed E-state index contributed by atoms with van der Waals surface area (Å²) < 4.78 is 18.8. The third-order valence-corrected chi connectivity index (χ3v) is 5.44. The Bertz CT molecular complexity index is 1060. The lowest BCUT2D eigenvalue weighted by Gasteiger charge is -2.33. The van der Waals surface area contributed by atoms with Gasteiger partial charge in [0.2, 0.25) is 5.91 Å². The zero-order valence-corrected chi connectivity index (χ0v) is 17.4. The van der Waals surface area contributed by atoms with Crippen LogP contribution in [0, 0.1) is 11.7 Å². The molecule has 0 radical (unpaired) electrons. The molecule has 4 rings (SSSR count). The highest BCUT2D eigenvalue weighted by atomic mass is 19.1. The van der Waals surface area contributed by atoms with Crippen molar-refractivity contribution < 1.29 is 13.9 Å². The van der Waals surface area contributed by atoms with Crippen LogP contribution >= 0.6 is 0 Å². The molecule has 1 aromatic heterocycles. The molecule has 1 N–H and O–H groups in total. The molecule has 1 amide bonds. The molecule has 1 fully saturated rings. The highest BCUT2D eigenvalue weighted by molar-refractivity contribution is 5.79. The molecule has 2 aromatic carbocycles. The predicted molar refractivity (Wildman–Crippen MR) is 117 cm³/mol. The fourth-order valence-corrected chi connectivity index (χ4v) is 3.81. The first-order chi connectivity index (χ1) is 15.1. The van der Waals surface area contributed by atoms with Gasteiger partial charge in [0.05, 0.1) is 13.0 Å². The summed E-state index contributed by atoms with van der Waals surface area (Å²) in [4.78, 5) is 23.8. The SMILES string of the molecule is COc1cccc(CNC(=O)[C@@H]2CCCN(c3ccnc(-c4cccc(F)c4)n3)C2)c1. The van der Waals surface area contributed by atoms with Gasteiger partial charge in [-0.3, -0.25) is 4.79 Å². The van der Waals surface area contributed by atoms with E-state index in [0.29, 0.717) is 24.5 Å². The van der Waals surface area contributed by atoms with Crippen LogP contribution in [0.25, 0.3) is 11.4 Å². The Hall–Kier alpha value is -3.48. The number of halogens is 1. The van der Waals surface area contributed by atoms with E-state index in [2.05, 4.69) is 20.2 Å². The smallest absolute Gasteiger partial charge is 0.225 e. The fourth-order valence-electron chi connectivity index (χ4n) is 3.81. The predicted octanol–water partition coefficient (Wildman–Crippen LogP) is 3.82. The van der Waals surface area contributed by atoms with E-state index >= 15 is 0 Å². The number of piperidine rings is 1. The van der Waals surface area contributed by atoms with Gasteiger partial charge in [-0.1, -0.05) is 24.3 Å². The Kier molecular flexibility index (Phi) is 6.40. The van der Waals surface area contributed by atoms with E-state index < -0.39 is 0 Å². The summed E-state index contributed by atoms with van der Waals surface area (Å²) in [7, 11) is 1.63. The molecule has 1 aliphatic rings. The minimum atomic E-state index is -0.322. The van der Waals surface area contributed by atoms with Crippen LogP contribution in [0.4, 0.5) is 10.2 Å². The van der Waals surface area contributed by atoms with Gasteiger partial charge in [-0.25, -0.2) is 14.4 Å². The zero-order chi connectivity index (χ0) is 21.6. The molecule has 6 nitrogen and oxygen atoms in total. The molecule has 1 atom stereocenters. The van der Waals surface area contributed by atoms with Crippen molar-refractivity contribution in [3.05, 3.63) is 72.2 Å². The second-order valence-electron chi connectivity index (χ2n) is 7.60. The topological polar surface area (TPSA) is 67.3 Å². The average molecular weight is 420 g/mol. The van der Waals surface area contributed by atoms with E-state index in [-0.39, 0.29) is 17.6 Å². The number of anilines is 1. The number of rotatable bonds is 6. The Morgan fingerprint density at radius 1 is 1.23 bits per heavy atom. The first kappa shape index (κ1) is 20.8. The van der Waals surface area contributed by atoms with Crippen LogP contribution in [0.3, 0.4) is 0 Å². The summed E-state index contributed by atoms with van der Waals surface area (Å²) in [5, 5.41) is 3.04. The number of ether oxygens (including phenoxy) is 1. The van der Waals surface area contributed by atoms with Crippen molar-refractivity contribution in [1.82, 2.24) is 15.3 Å². The number of aromatic nitrogens is 2. The summed E-state index contributed by atoms with van der Waals surface area (Å²) in [6.07, 6.45) is 3.41. The molecule has 1 aliphatic heterocycles. The number of nitrogens with zero attached hydrogens (tertiary/aromatic N) is 3. The van der Waals surface area contributed by atoms with Crippen molar-refractivity contribution in [2.75, 3.05) is 25.1 Å². The quantitative estimate of drug-likeness (QED) is 0.657. The monoisotopic (exact) mass is 420 g/mol. The van der Waals surface area contributed by atoms with Gasteiger partial charge in [0.25, 0.3) is 0 Å². The summed E-state index contributed by atoms with van der Waals surface area (Å²) in [6.45, 7) is 1.87. The molecular weight excluding hydrogens is 395 g/mol.